The van der Waals surface area contributed by atoms with Crippen molar-refractivity contribution in [2.24, 2.45) is 0 Å². The van der Waals surface area contributed by atoms with E-state index >= 15 is 0 Å². The molecule has 0 aromatic heterocycles. The number of benzene rings is 3. The molecule has 9 nitrogen and oxygen atoms in total. The van der Waals surface area contributed by atoms with Gasteiger partial charge in [-0.15, -0.1) is 0 Å². The topological polar surface area (TPSA) is 130 Å². The Labute approximate surface area is 192 Å². The summed E-state index contributed by atoms with van der Waals surface area (Å²) >= 11 is 0. The van der Waals surface area contributed by atoms with Crippen LogP contribution in [-0.4, -0.2) is 28.6 Å². The summed E-state index contributed by atoms with van der Waals surface area (Å²) in [6.45, 7) is 2.62. The molecule has 3 rings (SSSR count). The summed E-state index contributed by atoms with van der Waals surface area (Å²) in [5.41, 5.74) is 0.655. The molecule has 0 aliphatic rings. The number of nitrogens with one attached hydrogen (secondary N) is 2. The van der Waals surface area contributed by atoms with E-state index in [9.17, 15) is 26.4 Å². The maximum absolute atomic E-state index is 13.5. The molecule has 0 spiro atoms. The van der Waals surface area contributed by atoms with E-state index in [1.807, 2.05) is 0 Å². The smallest absolute Gasteiger partial charge is 0.277 e. The molecule has 2 amide bonds. The van der Waals surface area contributed by atoms with E-state index in [4.69, 9.17) is 0 Å². The van der Waals surface area contributed by atoms with Gasteiger partial charge in [0.1, 0.15) is 0 Å². The maximum Gasteiger partial charge on any atom is 0.277 e. The van der Waals surface area contributed by atoms with Gasteiger partial charge in [-0.05, 0) is 60.7 Å². The van der Waals surface area contributed by atoms with Gasteiger partial charge in [-0.2, -0.15) is 3.71 Å². The molecule has 0 saturated heterocycles. The second kappa shape index (κ2) is 9.43. The highest BCUT2D eigenvalue weighted by Crippen LogP contribution is 2.31. The summed E-state index contributed by atoms with van der Waals surface area (Å²) < 4.78 is 54.4. The first-order valence-electron chi connectivity index (χ1n) is 9.63. The molecule has 0 saturated carbocycles. The van der Waals surface area contributed by atoms with Crippen molar-refractivity contribution in [1.29, 1.82) is 0 Å². The lowest BCUT2D eigenvalue weighted by atomic mass is 10.3. The molecular weight excluding hydrogens is 466 g/mol. The molecular formula is C22H21N3O6S2. The monoisotopic (exact) mass is 487 g/mol. The van der Waals surface area contributed by atoms with E-state index in [1.54, 1.807) is 6.07 Å². The van der Waals surface area contributed by atoms with Crippen molar-refractivity contribution in [2.75, 3.05) is 14.3 Å². The number of rotatable bonds is 7. The maximum atomic E-state index is 13.5. The molecule has 0 bridgehead atoms. The van der Waals surface area contributed by atoms with Gasteiger partial charge in [0.15, 0.2) is 0 Å². The van der Waals surface area contributed by atoms with Crippen LogP contribution < -0.4 is 14.3 Å². The molecule has 0 aliphatic heterocycles. The molecule has 3 aromatic rings. The number of nitrogens with zero attached hydrogens (tertiary/aromatic N) is 1. The molecule has 33 heavy (non-hydrogen) atoms. The Morgan fingerprint density at radius 2 is 0.970 bits per heavy atom. The minimum atomic E-state index is -4.57. The number of anilines is 3. The van der Waals surface area contributed by atoms with Crippen LogP contribution in [0.25, 0.3) is 0 Å². The van der Waals surface area contributed by atoms with Gasteiger partial charge in [0.05, 0.1) is 15.5 Å². The van der Waals surface area contributed by atoms with Crippen molar-refractivity contribution >= 4 is 48.9 Å². The Hall–Kier alpha value is -3.70. The van der Waals surface area contributed by atoms with Crippen LogP contribution in [0, 0.1) is 0 Å². The second-order valence-corrected chi connectivity index (χ2v) is 10.8. The third-order valence-corrected chi connectivity index (χ3v) is 8.56. The van der Waals surface area contributed by atoms with E-state index in [1.165, 1.54) is 86.6 Å². The van der Waals surface area contributed by atoms with Gasteiger partial charge in [-0.25, -0.2) is 16.8 Å². The van der Waals surface area contributed by atoms with Gasteiger partial charge < -0.3 is 10.6 Å². The van der Waals surface area contributed by atoms with Crippen molar-refractivity contribution in [3.63, 3.8) is 0 Å². The summed E-state index contributed by atoms with van der Waals surface area (Å²) in [7, 11) is -9.14. The average Bonchev–Trinajstić information content (AvgIpc) is 2.74. The summed E-state index contributed by atoms with van der Waals surface area (Å²) in [4.78, 5) is 21.9. The van der Waals surface area contributed by atoms with E-state index < -0.39 is 20.0 Å². The highest BCUT2D eigenvalue weighted by Gasteiger charge is 2.36. The van der Waals surface area contributed by atoms with Crippen molar-refractivity contribution in [3.05, 3.63) is 78.9 Å². The van der Waals surface area contributed by atoms with Gasteiger partial charge in [0, 0.05) is 25.2 Å². The molecule has 0 aliphatic carbocycles. The first-order valence-corrected chi connectivity index (χ1v) is 12.5. The zero-order valence-corrected chi connectivity index (χ0v) is 19.4. The van der Waals surface area contributed by atoms with Crippen LogP contribution >= 0.6 is 0 Å². The first kappa shape index (κ1) is 24.0. The Balaban J connectivity index is 2.10. The summed E-state index contributed by atoms with van der Waals surface area (Å²) in [6, 6.07) is 17.7. The van der Waals surface area contributed by atoms with Gasteiger partial charge >= 0.3 is 0 Å². The normalized spacial score (nSPS) is 11.5. The first-order chi connectivity index (χ1) is 15.5. The SMILES string of the molecule is CC(=O)Nc1ccc(S(=O)(=O)N(c2ccccc2)S(=O)(=O)c2ccc(NC(C)=O)cc2)cc1. The Morgan fingerprint density at radius 3 is 1.30 bits per heavy atom. The summed E-state index contributed by atoms with van der Waals surface area (Å²) in [5, 5.41) is 5.05. The third-order valence-electron chi connectivity index (χ3n) is 4.35. The van der Waals surface area contributed by atoms with Gasteiger partial charge in [-0.1, -0.05) is 18.2 Å². The Bertz CT molecular complexity index is 1280. The van der Waals surface area contributed by atoms with Crippen LogP contribution in [0.3, 0.4) is 0 Å². The predicted octanol–water partition coefficient (Wildman–Crippen LogP) is 3.19. The standard InChI is InChI=1S/C22H21N3O6S2/c1-16(26)23-18-8-12-21(13-9-18)32(28,29)25(20-6-4-3-5-7-20)33(30,31)22-14-10-19(11-15-22)24-17(2)27/h3-15H,1-2H3,(H,23,26)(H,24,27). The lowest BCUT2D eigenvalue weighted by Gasteiger charge is -2.24. The molecule has 11 heteroatoms. The summed E-state index contributed by atoms with van der Waals surface area (Å²) in [5.74, 6) is -0.663. The number of amides is 2. The van der Waals surface area contributed by atoms with Crippen molar-refractivity contribution in [2.45, 2.75) is 23.6 Å². The fourth-order valence-electron chi connectivity index (χ4n) is 2.97. The Morgan fingerprint density at radius 1 is 0.606 bits per heavy atom. The Kier molecular flexibility index (Phi) is 6.84. The molecule has 172 valence electrons. The van der Waals surface area contributed by atoms with E-state index in [-0.39, 0.29) is 27.3 Å². The fraction of sp³-hybridized carbons (Fsp3) is 0.0909. The van der Waals surface area contributed by atoms with Gasteiger partial charge in [-0.3, -0.25) is 9.59 Å². The van der Waals surface area contributed by atoms with Crippen LogP contribution in [-0.2, 0) is 29.6 Å². The van der Waals surface area contributed by atoms with E-state index in [0.717, 1.165) is 0 Å². The van der Waals surface area contributed by atoms with Gasteiger partial charge in [0.2, 0.25) is 11.8 Å². The van der Waals surface area contributed by atoms with Crippen LogP contribution in [0.5, 0.6) is 0 Å². The molecule has 0 unspecified atom stereocenters. The molecule has 2 N–H and O–H groups in total. The number of hydrogen-bond donors (Lipinski definition) is 2. The highest BCUT2D eigenvalue weighted by molar-refractivity contribution is 8.10. The molecule has 0 atom stereocenters. The quantitative estimate of drug-likeness (QED) is 0.526. The van der Waals surface area contributed by atoms with Gasteiger partial charge in [0.25, 0.3) is 20.0 Å². The largest absolute Gasteiger partial charge is 0.326 e. The fourth-order valence-corrected chi connectivity index (χ4v) is 6.67. The number of sulfonamides is 2. The predicted molar refractivity (Wildman–Crippen MR) is 125 cm³/mol. The van der Waals surface area contributed by atoms with Crippen LogP contribution in [0.1, 0.15) is 13.8 Å². The number of carbonyl (C=O) groups excluding carboxylic acids is 2. The number of para-hydroxylation sites is 1. The van der Waals surface area contributed by atoms with Crippen LogP contribution in [0.2, 0.25) is 0 Å². The molecule has 0 fully saturated rings. The lowest BCUT2D eigenvalue weighted by Crippen LogP contribution is -2.37. The number of hydrogen-bond acceptors (Lipinski definition) is 6. The summed E-state index contributed by atoms with van der Waals surface area (Å²) in [6.07, 6.45) is 0. The minimum absolute atomic E-state index is 0.0747. The van der Waals surface area contributed by atoms with Crippen molar-refractivity contribution in [3.8, 4) is 0 Å². The molecule has 0 heterocycles. The molecule has 3 aromatic carbocycles. The zero-order chi connectivity index (χ0) is 24.2. The van der Waals surface area contributed by atoms with Crippen molar-refractivity contribution in [1.82, 2.24) is 0 Å². The minimum Gasteiger partial charge on any atom is -0.326 e. The third kappa shape index (κ3) is 5.38. The van der Waals surface area contributed by atoms with Crippen LogP contribution in [0.15, 0.2) is 88.7 Å². The second-order valence-electron chi connectivity index (χ2n) is 6.95. The van der Waals surface area contributed by atoms with Crippen LogP contribution in [0.4, 0.5) is 17.1 Å². The highest BCUT2D eigenvalue weighted by atomic mass is 32.3. The van der Waals surface area contributed by atoms with E-state index in [0.29, 0.717) is 15.1 Å². The average molecular weight is 488 g/mol. The zero-order valence-electron chi connectivity index (χ0n) is 17.7. The molecule has 0 radical (unpaired) electrons. The van der Waals surface area contributed by atoms with Crippen molar-refractivity contribution < 1.29 is 26.4 Å². The number of carbonyl (C=O) groups is 2. The lowest BCUT2D eigenvalue weighted by molar-refractivity contribution is -0.115. The van der Waals surface area contributed by atoms with E-state index in [2.05, 4.69) is 10.6 Å².